The Labute approximate surface area is 223 Å². The van der Waals surface area contributed by atoms with Crippen molar-refractivity contribution in [2.24, 2.45) is 0 Å². The van der Waals surface area contributed by atoms with Gasteiger partial charge in [0.1, 0.15) is 17.2 Å². The number of carbonyl (C=O) groups is 1. The van der Waals surface area contributed by atoms with Gasteiger partial charge in [0, 0.05) is 42.3 Å². The summed E-state index contributed by atoms with van der Waals surface area (Å²) >= 11 is 7.33. The molecule has 5 rings (SSSR count). The standard InChI is InChI=1S/C28H25ClF2N4OS/c1-28(18-5-3-2-4-6-18,19-7-9-20(29)10-8-19)24-17-37-27(33-24)34-26(36)25-22(30)15-21(16-23(25)31)35-13-11-32-12-14-35/h2-10,15-17,32H,11-14H2,1H3,(H,33,34,36). The van der Waals surface area contributed by atoms with E-state index in [1.54, 1.807) is 0 Å². The lowest BCUT2D eigenvalue weighted by atomic mass is 9.74. The maximum atomic E-state index is 14.9. The first kappa shape index (κ1) is 25.3. The molecule has 2 heterocycles. The zero-order valence-electron chi connectivity index (χ0n) is 20.1. The molecule has 4 aromatic rings. The molecule has 1 fully saturated rings. The highest BCUT2D eigenvalue weighted by Gasteiger charge is 2.34. The minimum Gasteiger partial charge on any atom is -0.369 e. The van der Waals surface area contributed by atoms with Gasteiger partial charge >= 0.3 is 0 Å². The zero-order valence-corrected chi connectivity index (χ0v) is 21.7. The van der Waals surface area contributed by atoms with Gasteiger partial charge in [0.05, 0.1) is 11.1 Å². The van der Waals surface area contributed by atoms with Crippen LogP contribution in [0.3, 0.4) is 0 Å². The predicted octanol–water partition coefficient (Wildman–Crippen LogP) is 6.09. The molecule has 2 N–H and O–H groups in total. The Morgan fingerprint density at radius 3 is 2.30 bits per heavy atom. The highest BCUT2D eigenvalue weighted by atomic mass is 35.5. The van der Waals surface area contributed by atoms with Crippen LogP contribution in [0.25, 0.3) is 0 Å². The molecule has 0 bridgehead atoms. The van der Waals surface area contributed by atoms with Crippen molar-refractivity contribution in [2.45, 2.75) is 12.3 Å². The number of nitrogens with zero attached hydrogens (tertiary/aromatic N) is 2. The number of hydrogen-bond donors (Lipinski definition) is 2. The summed E-state index contributed by atoms with van der Waals surface area (Å²) in [6.07, 6.45) is 0. The van der Waals surface area contributed by atoms with E-state index in [1.165, 1.54) is 23.5 Å². The number of carbonyl (C=O) groups excluding carboxylic acids is 1. The van der Waals surface area contributed by atoms with E-state index in [9.17, 15) is 13.6 Å². The summed E-state index contributed by atoms with van der Waals surface area (Å²) in [5, 5.41) is 8.51. The zero-order chi connectivity index (χ0) is 26.0. The van der Waals surface area contributed by atoms with Gasteiger partial charge in [-0.2, -0.15) is 0 Å². The molecule has 5 nitrogen and oxygen atoms in total. The van der Waals surface area contributed by atoms with Crippen molar-refractivity contribution in [3.05, 3.63) is 111 Å². The maximum Gasteiger partial charge on any atom is 0.263 e. The summed E-state index contributed by atoms with van der Waals surface area (Å²) < 4.78 is 29.8. The Bertz CT molecular complexity index is 1380. The molecular weight excluding hydrogens is 514 g/mol. The van der Waals surface area contributed by atoms with Gasteiger partial charge in [-0.15, -0.1) is 11.3 Å². The molecule has 1 saturated heterocycles. The monoisotopic (exact) mass is 538 g/mol. The van der Waals surface area contributed by atoms with Crippen molar-refractivity contribution in [1.29, 1.82) is 0 Å². The van der Waals surface area contributed by atoms with E-state index >= 15 is 0 Å². The first-order valence-corrected chi connectivity index (χ1v) is 13.2. The van der Waals surface area contributed by atoms with Crippen LogP contribution in [0, 0.1) is 11.6 Å². The van der Waals surface area contributed by atoms with E-state index in [2.05, 4.69) is 15.6 Å². The molecular formula is C28H25ClF2N4OS. The van der Waals surface area contributed by atoms with E-state index in [-0.39, 0.29) is 5.13 Å². The van der Waals surface area contributed by atoms with Crippen LogP contribution in [0.5, 0.6) is 0 Å². The highest BCUT2D eigenvalue weighted by molar-refractivity contribution is 7.14. The fraction of sp³-hybridized carbons (Fsp3) is 0.214. The lowest BCUT2D eigenvalue weighted by Gasteiger charge is -2.29. The molecule has 1 aliphatic heterocycles. The number of hydrogen-bond acceptors (Lipinski definition) is 5. The molecule has 0 saturated carbocycles. The maximum absolute atomic E-state index is 14.9. The number of piperazine rings is 1. The van der Waals surface area contributed by atoms with Crippen molar-refractivity contribution >= 4 is 39.7 Å². The number of rotatable bonds is 6. The third-order valence-electron chi connectivity index (χ3n) is 6.75. The van der Waals surface area contributed by atoms with Gasteiger partial charge in [-0.1, -0.05) is 54.1 Å². The lowest BCUT2D eigenvalue weighted by molar-refractivity contribution is 0.101. The molecule has 9 heteroatoms. The Hall–Kier alpha value is -3.33. The Balaban J connectivity index is 1.43. The third-order valence-corrected chi connectivity index (χ3v) is 7.76. The average molecular weight is 539 g/mol. The van der Waals surface area contributed by atoms with Crippen LogP contribution in [-0.2, 0) is 5.41 Å². The summed E-state index contributed by atoms with van der Waals surface area (Å²) in [6.45, 7) is 4.78. The minimum atomic E-state index is -0.905. The topological polar surface area (TPSA) is 57.3 Å². The normalized spacial score (nSPS) is 15.3. The Morgan fingerprint density at radius 1 is 1.03 bits per heavy atom. The van der Waals surface area contributed by atoms with Crippen molar-refractivity contribution < 1.29 is 13.6 Å². The number of benzene rings is 3. The number of thiazole rings is 1. The smallest absolute Gasteiger partial charge is 0.263 e. The van der Waals surface area contributed by atoms with Gasteiger partial charge in [0.2, 0.25) is 0 Å². The van der Waals surface area contributed by atoms with Gasteiger partial charge in [-0.25, -0.2) is 13.8 Å². The molecule has 37 heavy (non-hydrogen) atoms. The summed E-state index contributed by atoms with van der Waals surface area (Å²) in [5.41, 5.74) is 1.81. The van der Waals surface area contributed by atoms with Crippen LogP contribution >= 0.6 is 22.9 Å². The van der Waals surface area contributed by atoms with Crippen molar-refractivity contribution in [3.63, 3.8) is 0 Å². The van der Waals surface area contributed by atoms with Crippen LogP contribution in [0.1, 0.15) is 34.1 Å². The average Bonchev–Trinajstić information content (AvgIpc) is 3.38. The Morgan fingerprint density at radius 2 is 1.65 bits per heavy atom. The van der Waals surface area contributed by atoms with Gasteiger partial charge in [-0.3, -0.25) is 10.1 Å². The largest absolute Gasteiger partial charge is 0.369 e. The van der Waals surface area contributed by atoms with Crippen molar-refractivity contribution in [1.82, 2.24) is 10.3 Å². The van der Waals surface area contributed by atoms with E-state index in [0.717, 1.165) is 24.2 Å². The molecule has 1 amide bonds. The van der Waals surface area contributed by atoms with E-state index in [1.807, 2.05) is 71.8 Å². The third kappa shape index (κ3) is 5.09. The van der Waals surface area contributed by atoms with E-state index in [4.69, 9.17) is 11.6 Å². The minimum absolute atomic E-state index is 0.251. The van der Waals surface area contributed by atoms with Gasteiger partial charge < -0.3 is 10.2 Å². The molecule has 0 radical (unpaired) electrons. The quantitative estimate of drug-likeness (QED) is 0.312. The molecule has 1 aliphatic rings. The highest BCUT2D eigenvalue weighted by Crippen LogP contribution is 2.40. The van der Waals surface area contributed by atoms with Crippen molar-refractivity contribution in [2.75, 3.05) is 36.4 Å². The fourth-order valence-electron chi connectivity index (χ4n) is 4.62. The molecule has 1 atom stereocenters. The first-order chi connectivity index (χ1) is 17.9. The van der Waals surface area contributed by atoms with Crippen LogP contribution in [0.15, 0.2) is 72.1 Å². The number of halogens is 3. The summed E-state index contributed by atoms with van der Waals surface area (Å²) in [4.78, 5) is 19.5. The Kier molecular flexibility index (Phi) is 7.24. The van der Waals surface area contributed by atoms with Gasteiger partial charge in [0.15, 0.2) is 5.13 Å². The number of aromatic nitrogens is 1. The summed E-state index contributed by atoms with van der Waals surface area (Å²) in [6, 6.07) is 19.8. The predicted molar refractivity (Wildman–Crippen MR) is 145 cm³/mol. The van der Waals surface area contributed by atoms with Crippen LogP contribution < -0.4 is 15.5 Å². The first-order valence-electron chi connectivity index (χ1n) is 11.9. The van der Waals surface area contributed by atoms with Crippen LogP contribution in [0.4, 0.5) is 19.6 Å². The second-order valence-electron chi connectivity index (χ2n) is 9.01. The van der Waals surface area contributed by atoms with Gasteiger partial charge in [-0.05, 0) is 42.3 Å². The molecule has 0 spiro atoms. The second kappa shape index (κ2) is 10.6. The van der Waals surface area contributed by atoms with Crippen LogP contribution in [0.2, 0.25) is 5.02 Å². The fourth-order valence-corrected chi connectivity index (χ4v) is 5.56. The van der Waals surface area contributed by atoms with E-state index < -0.39 is 28.5 Å². The molecule has 0 aliphatic carbocycles. The number of nitrogens with one attached hydrogen (secondary N) is 2. The SMILES string of the molecule is CC(c1ccccc1)(c1ccc(Cl)cc1)c1csc(NC(=O)c2c(F)cc(N3CCNCC3)cc2F)n1. The van der Waals surface area contributed by atoms with E-state index in [0.29, 0.717) is 29.5 Å². The molecule has 1 unspecified atom stereocenters. The van der Waals surface area contributed by atoms with Crippen molar-refractivity contribution in [3.8, 4) is 0 Å². The molecule has 1 aromatic heterocycles. The summed E-state index contributed by atoms with van der Waals surface area (Å²) in [5.74, 6) is -2.69. The number of amides is 1. The van der Waals surface area contributed by atoms with Crippen LogP contribution in [-0.4, -0.2) is 37.1 Å². The van der Waals surface area contributed by atoms with Gasteiger partial charge in [0.25, 0.3) is 5.91 Å². The number of anilines is 2. The molecule has 3 aromatic carbocycles. The molecule has 190 valence electrons. The second-order valence-corrected chi connectivity index (χ2v) is 10.3. The lowest BCUT2D eigenvalue weighted by Crippen LogP contribution is -2.43. The summed E-state index contributed by atoms with van der Waals surface area (Å²) in [7, 11) is 0.